The Balaban J connectivity index is 1.84. The number of likely N-dealkylation sites (N-methyl/N-ethyl adjacent to an activating group) is 1. The van der Waals surface area contributed by atoms with Crippen LogP contribution in [0.25, 0.3) is 0 Å². The summed E-state index contributed by atoms with van der Waals surface area (Å²) in [7, 11) is 1.55. The third kappa shape index (κ3) is 7.30. The van der Waals surface area contributed by atoms with Crippen LogP contribution in [0.5, 0.6) is 0 Å². The van der Waals surface area contributed by atoms with Crippen LogP contribution in [0.2, 0.25) is 0 Å². The van der Waals surface area contributed by atoms with E-state index in [-0.39, 0.29) is 41.6 Å². The number of carbonyl (C=O) groups excluding carboxylic acids is 4. The van der Waals surface area contributed by atoms with Crippen LogP contribution in [0, 0.1) is 5.92 Å². The maximum Gasteiger partial charge on any atom is 0.309 e. The Morgan fingerprint density at radius 1 is 1.12 bits per heavy atom. The van der Waals surface area contributed by atoms with Crippen LogP contribution < -0.4 is 5.32 Å². The van der Waals surface area contributed by atoms with Crippen molar-refractivity contribution in [2.75, 3.05) is 33.3 Å². The molecule has 33 heavy (non-hydrogen) atoms. The van der Waals surface area contributed by atoms with Gasteiger partial charge in [0.25, 0.3) is 5.91 Å². The monoisotopic (exact) mass is 459 g/mol. The topological polar surface area (TPSA) is 96.0 Å². The molecule has 0 saturated carbocycles. The van der Waals surface area contributed by atoms with Gasteiger partial charge in [-0.05, 0) is 49.8 Å². The number of nitrogens with one attached hydrogen (secondary N) is 1. The summed E-state index contributed by atoms with van der Waals surface area (Å²) in [5, 5.41) is 2.71. The van der Waals surface area contributed by atoms with E-state index in [0.29, 0.717) is 38.1 Å². The molecule has 0 bridgehead atoms. The Labute approximate surface area is 196 Å². The first-order chi connectivity index (χ1) is 15.4. The van der Waals surface area contributed by atoms with Crippen molar-refractivity contribution in [3.63, 3.8) is 0 Å². The van der Waals surface area contributed by atoms with Crippen LogP contribution in [-0.2, 0) is 24.5 Å². The molecule has 1 heterocycles. The zero-order valence-electron chi connectivity index (χ0n) is 20.6. The van der Waals surface area contributed by atoms with Crippen molar-refractivity contribution in [2.45, 2.75) is 58.9 Å². The van der Waals surface area contributed by atoms with Gasteiger partial charge in [-0.25, -0.2) is 0 Å². The SMILES string of the molecule is CCOC(=O)C1CCN(C(=O)CN(C)C(=O)C(C)NC(=O)c2ccc(C(C)(C)C)cc2)CC1. The predicted molar refractivity (Wildman–Crippen MR) is 126 cm³/mol. The van der Waals surface area contributed by atoms with Crippen LogP contribution in [0.3, 0.4) is 0 Å². The molecule has 1 aromatic carbocycles. The second kappa shape index (κ2) is 11.3. The van der Waals surface area contributed by atoms with Crippen LogP contribution in [0.1, 0.15) is 63.4 Å². The molecule has 1 N–H and O–H groups in total. The molecule has 0 spiro atoms. The lowest BCUT2D eigenvalue weighted by Crippen LogP contribution is -2.50. The van der Waals surface area contributed by atoms with Gasteiger partial charge < -0.3 is 19.9 Å². The van der Waals surface area contributed by atoms with Crippen LogP contribution in [0.4, 0.5) is 0 Å². The summed E-state index contributed by atoms with van der Waals surface area (Å²) in [6, 6.07) is 6.56. The Bertz CT molecular complexity index is 852. The molecule has 0 aliphatic carbocycles. The minimum Gasteiger partial charge on any atom is -0.466 e. The highest BCUT2D eigenvalue weighted by molar-refractivity contribution is 5.98. The van der Waals surface area contributed by atoms with E-state index in [2.05, 4.69) is 26.1 Å². The van der Waals surface area contributed by atoms with Gasteiger partial charge in [-0.1, -0.05) is 32.9 Å². The number of carbonyl (C=O) groups is 4. The van der Waals surface area contributed by atoms with Crippen molar-refractivity contribution < 1.29 is 23.9 Å². The largest absolute Gasteiger partial charge is 0.466 e. The highest BCUT2D eigenvalue weighted by atomic mass is 16.5. The molecule has 1 fully saturated rings. The zero-order valence-corrected chi connectivity index (χ0v) is 20.6. The normalized spacial score (nSPS) is 15.5. The number of rotatable bonds is 7. The molecule has 1 unspecified atom stereocenters. The van der Waals surface area contributed by atoms with E-state index < -0.39 is 6.04 Å². The van der Waals surface area contributed by atoms with Gasteiger partial charge >= 0.3 is 5.97 Å². The van der Waals surface area contributed by atoms with E-state index in [0.717, 1.165) is 5.56 Å². The number of piperidine rings is 1. The fourth-order valence-electron chi connectivity index (χ4n) is 3.80. The zero-order chi connectivity index (χ0) is 24.8. The Kier molecular flexibility index (Phi) is 9.02. The van der Waals surface area contributed by atoms with E-state index in [1.54, 1.807) is 37.9 Å². The Morgan fingerprint density at radius 3 is 2.21 bits per heavy atom. The second-order valence-corrected chi connectivity index (χ2v) is 9.62. The number of benzene rings is 1. The first kappa shape index (κ1) is 26.4. The molecular weight excluding hydrogens is 422 g/mol. The van der Waals surface area contributed by atoms with Crippen molar-refractivity contribution in [2.24, 2.45) is 5.92 Å². The maximum absolute atomic E-state index is 12.7. The van der Waals surface area contributed by atoms with Gasteiger partial charge in [0.15, 0.2) is 0 Å². The number of nitrogens with zero attached hydrogens (tertiary/aromatic N) is 2. The Hall–Kier alpha value is -2.90. The quantitative estimate of drug-likeness (QED) is 0.632. The number of esters is 1. The van der Waals surface area contributed by atoms with E-state index in [4.69, 9.17) is 4.74 Å². The van der Waals surface area contributed by atoms with E-state index >= 15 is 0 Å². The van der Waals surface area contributed by atoms with Gasteiger partial charge in [0.2, 0.25) is 11.8 Å². The average Bonchev–Trinajstić information content (AvgIpc) is 2.78. The minimum atomic E-state index is -0.771. The number of amides is 3. The number of hydrogen-bond acceptors (Lipinski definition) is 5. The number of hydrogen-bond donors (Lipinski definition) is 1. The van der Waals surface area contributed by atoms with E-state index in [9.17, 15) is 19.2 Å². The lowest BCUT2D eigenvalue weighted by atomic mass is 9.86. The summed E-state index contributed by atoms with van der Waals surface area (Å²) in [4.78, 5) is 52.7. The number of likely N-dealkylation sites (tertiary alicyclic amines) is 1. The second-order valence-electron chi connectivity index (χ2n) is 9.62. The van der Waals surface area contributed by atoms with Crippen LogP contribution in [-0.4, -0.2) is 72.8 Å². The third-order valence-corrected chi connectivity index (χ3v) is 5.95. The molecule has 0 radical (unpaired) electrons. The average molecular weight is 460 g/mol. The molecule has 8 nitrogen and oxygen atoms in total. The summed E-state index contributed by atoms with van der Waals surface area (Å²) in [6.07, 6.45) is 1.12. The molecule has 1 aliphatic heterocycles. The molecular formula is C25H37N3O5. The lowest BCUT2D eigenvalue weighted by molar-refractivity contribution is -0.151. The van der Waals surface area contributed by atoms with Gasteiger partial charge in [-0.3, -0.25) is 19.2 Å². The molecule has 1 saturated heterocycles. The van der Waals surface area contributed by atoms with Crippen LogP contribution >= 0.6 is 0 Å². The van der Waals surface area contributed by atoms with Crippen molar-refractivity contribution in [1.82, 2.24) is 15.1 Å². The first-order valence-corrected chi connectivity index (χ1v) is 11.5. The molecule has 2 rings (SSSR count). The highest BCUT2D eigenvalue weighted by Crippen LogP contribution is 2.22. The van der Waals surface area contributed by atoms with Crippen LogP contribution in [0.15, 0.2) is 24.3 Å². The van der Waals surface area contributed by atoms with Crippen molar-refractivity contribution >= 4 is 23.7 Å². The highest BCUT2D eigenvalue weighted by Gasteiger charge is 2.30. The number of ether oxygens (including phenoxy) is 1. The standard InChI is InChI=1S/C25H37N3O5/c1-7-33-24(32)19-12-14-28(15-13-19)21(29)16-27(6)23(31)17(2)26-22(30)18-8-10-20(11-9-18)25(3,4)5/h8-11,17,19H,7,12-16H2,1-6H3,(H,26,30). The summed E-state index contributed by atoms with van der Waals surface area (Å²) < 4.78 is 5.05. The van der Waals surface area contributed by atoms with Gasteiger partial charge in [-0.2, -0.15) is 0 Å². The molecule has 1 aliphatic rings. The summed E-state index contributed by atoms with van der Waals surface area (Å²) in [5.41, 5.74) is 1.58. The van der Waals surface area contributed by atoms with E-state index in [1.165, 1.54) is 4.90 Å². The van der Waals surface area contributed by atoms with Crippen molar-refractivity contribution in [3.05, 3.63) is 35.4 Å². The van der Waals surface area contributed by atoms with Crippen molar-refractivity contribution in [1.29, 1.82) is 0 Å². The van der Waals surface area contributed by atoms with E-state index in [1.807, 2.05) is 12.1 Å². The van der Waals surface area contributed by atoms with Gasteiger partial charge in [-0.15, -0.1) is 0 Å². The molecule has 0 aromatic heterocycles. The molecule has 8 heteroatoms. The summed E-state index contributed by atoms with van der Waals surface area (Å²) in [6.45, 7) is 10.9. The van der Waals surface area contributed by atoms with Gasteiger partial charge in [0.1, 0.15) is 6.04 Å². The maximum atomic E-state index is 12.7. The van der Waals surface area contributed by atoms with Gasteiger partial charge in [0.05, 0.1) is 19.1 Å². The fraction of sp³-hybridized carbons (Fsp3) is 0.600. The fourth-order valence-corrected chi connectivity index (χ4v) is 3.80. The predicted octanol–water partition coefficient (Wildman–Crippen LogP) is 2.36. The molecule has 3 amide bonds. The Morgan fingerprint density at radius 2 is 1.70 bits per heavy atom. The molecule has 182 valence electrons. The smallest absolute Gasteiger partial charge is 0.309 e. The lowest BCUT2D eigenvalue weighted by Gasteiger charge is -2.32. The summed E-state index contributed by atoms with van der Waals surface area (Å²) >= 11 is 0. The minimum absolute atomic E-state index is 0.0123. The van der Waals surface area contributed by atoms with Crippen molar-refractivity contribution in [3.8, 4) is 0 Å². The third-order valence-electron chi connectivity index (χ3n) is 5.95. The molecule has 1 aromatic rings. The first-order valence-electron chi connectivity index (χ1n) is 11.5. The van der Waals surface area contributed by atoms with Gasteiger partial charge in [0, 0.05) is 25.7 Å². The summed E-state index contributed by atoms with van der Waals surface area (Å²) in [5.74, 6) is -1.25. The molecule has 1 atom stereocenters.